The molecule has 2 heterocycles. The van der Waals surface area contributed by atoms with E-state index in [1.54, 1.807) is 0 Å². The lowest BCUT2D eigenvalue weighted by atomic mass is 10.0. The van der Waals surface area contributed by atoms with Gasteiger partial charge in [0.25, 0.3) is 0 Å². The molecule has 1 aromatic heterocycles. The summed E-state index contributed by atoms with van der Waals surface area (Å²) < 4.78 is 2.03. The number of aryl methyl sites for hydroxylation is 1. The van der Waals surface area contributed by atoms with E-state index in [1.807, 2.05) is 10.7 Å². The standard InChI is InChI=1S/C16H22N4/c1-12(2)20-14(10-16(17)18-20)11-19-9-5-7-13-6-3-4-8-15(13)19/h3-4,6,8,10,12H,5,7,9,11H2,1-2H3,(H2,17,18). The van der Waals surface area contributed by atoms with E-state index in [0.29, 0.717) is 11.9 Å². The molecule has 1 aliphatic rings. The molecule has 0 radical (unpaired) electrons. The number of nitrogen functional groups attached to an aromatic ring is 1. The number of nitrogens with zero attached hydrogens (tertiary/aromatic N) is 3. The Morgan fingerprint density at radius 1 is 1.30 bits per heavy atom. The van der Waals surface area contributed by atoms with Gasteiger partial charge >= 0.3 is 0 Å². The van der Waals surface area contributed by atoms with E-state index in [0.717, 1.165) is 13.1 Å². The minimum Gasteiger partial charge on any atom is -0.382 e. The van der Waals surface area contributed by atoms with Gasteiger partial charge in [0, 0.05) is 24.3 Å². The maximum Gasteiger partial charge on any atom is 0.145 e. The van der Waals surface area contributed by atoms with Crippen molar-refractivity contribution in [3.05, 3.63) is 41.6 Å². The average molecular weight is 270 g/mol. The summed E-state index contributed by atoms with van der Waals surface area (Å²) in [5.74, 6) is 0.610. The summed E-state index contributed by atoms with van der Waals surface area (Å²) in [5.41, 5.74) is 9.86. The van der Waals surface area contributed by atoms with Crippen molar-refractivity contribution in [3.63, 3.8) is 0 Å². The lowest BCUT2D eigenvalue weighted by molar-refractivity contribution is 0.504. The number of rotatable bonds is 3. The molecule has 0 atom stereocenters. The van der Waals surface area contributed by atoms with E-state index in [4.69, 9.17) is 5.73 Å². The molecule has 0 bridgehead atoms. The normalized spacial score (nSPS) is 14.7. The molecule has 0 unspecified atom stereocenters. The Morgan fingerprint density at radius 2 is 2.10 bits per heavy atom. The maximum atomic E-state index is 5.87. The van der Waals surface area contributed by atoms with Crippen LogP contribution in [0.1, 0.15) is 37.6 Å². The van der Waals surface area contributed by atoms with Gasteiger partial charge in [0.2, 0.25) is 0 Å². The van der Waals surface area contributed by atoms with Crippen LogP contribution in [-0.2, 0) is 13.0 Å². The third-order valence-corrected chi connectivity index (χ3v) is 3.88. The molecule has 0 fully saturated rings. The maximum absolute atomic E-state index is 5.87. The Morgan fingerprint density at radius 3 is 2.90 bits per heavy atom. The van der Waals surface area contributed by atoms with Crippen LogP contribution in [0.3, 0.4) is 0 Å². The molecule has 106 valence electrons. The zero-order valence-electron chi connectivity index (χ0n) is 12.2. The molecule has 0 amide bonds. The second-order valence-electron chi connectivity index (χ2n) is 5.75. The van der Waals surface area contributed by atoms with Crippen molar-refractivity contribution in [3.8, 4) is 0 Å². The fraction of sp³-hybridized carbons (Fsp3) is 0.438. The van der Waals surface area contributed by atoms with E-state index in [2.05, 4.69) is 48.1 Å². The van der Waals surface area contributed by atoms with Crippen molar-refractivity contribution < 1.29 is 0 Å². The summed E-state index contributed by atoms with van der Waals surface area (Å²) in [6.07, 6.45) is 2.39. The van der Waals surface area contributed by atoms with Crippen LogP contribution in [0.15, 0.2) is 30.3 Å². The highest BCUT2D eigenvalue weighted by atomic mass is 15.3. The lowest BCUT2D eigenvalue weighted by Crippen LogP contribution is -2.30. The highest BCUT2D eigenvalue weighted by Gasteiger charge is 2.19. The predicted octanol–water partition coefficient (Wildman–Crippen LogP) is 3.00. The largest absolute Gasteiger partial charge is 0.382 e. The van der Waals surface area contributed by atoms with Gasteiger partial charge in [-0.05, 0) is 38.3 Å². The molecule has 4 nitrogen and oxygen atoms in total. The molecule has 1 aromatic carbocycles. The van der Waals surface area contributed by atoms with E-state index in [9.17, 15) is 0 Å². The number of benzene rings is 1. The quantitative estimate of drug-likeness (QED) is 0.932. The van der Waals surface area contributed by atoms with E-state index < -0.39 is 0 Å². The van der Waals surface area contributed by atoms with Crippen molar-refractivity contribution >= 4 is 11.5 Å². The van der Waals surface area contributed by atoms with Crippen molar-refractivity contribution in [2.24, 2.45) is 0 Å². The Balaban J connectivity index is 1.89. The van der Waals surface area contributed by atoms with Gasteiger partial charge in [-0.15, -0.1) is 0 Å². The van der Waals surface area contributed by atoms with Gasteiger partial charge in [-0.2, -0.15) is 5.10 Å². The van der Waals surface area contributed by atoms with Crippen LogP contribution >= 0.6 is 0 Å². The number of hydrogen-bond donors (Lipinski definition) is 1. The molecule has 0 saturated carbocycles. The summed E-state index contributed by atoms with van der Waals surface area (Å²) in [5, 5.41) is 4.40. The Labute approximate surface area is 120 Å². The number of hydrogen-bond acceptors (Lipinski definition) is 3. The first kappa shape index (κ1) is 13.0. The summed E-state index contributed by atoms with van der Waals surface area (Å²) in [7, 11) is 0. The summed E-state index contributed by atoms with van der Waals surface area (Å²) in [6, 6.07) is 11.0. The minimum atomic E-state index is 0.335. The molecule has 0 saturated heterocycles. The molecule has 0 spiro atoms. The molecule has 1 aliphatic heterocycles. The van der Waals surface area contributed by atoms with Gasteiger partial charge in [-0.3, -0.25) is 4.68 Å². The topological polar surface area (TPSA) is 47.1 Å². The third-order valence-electron chi connectivity index (χ3n) is 3.88. The van der Waals surface area contributed by atoms with Crippen molar-refractivity contribution in [1.82, 2.24) is 9.78 Å². The number of para-hydroxylation sites is 1. The monoisotopic (exact) mass is 270 g/mol. The second-order valence-corrected chi connectivity index (χ2v) is 5.75. The van der Waals surface area contributed by atoms with Crippen LogP contribution in [0.2, 0.25) is 0 Å². The van der Waals surface area contributed by atoms with E-state index in [-0.39, 0.29) is 0 Å². The fourth-order valence-corrected chi connectivity index (χ4v) is 2.99. The Kier molecular flexibility index (Phi) is 3.38. The fourth-order valence-electron chi connectivity index (χ4n) is 2.99. The SMILES string of the molecule is CC(C)n1nc(N)cc1CN1CCCc2ccccc21. The van der Waals surface area contributed by atoms with Crippen molar-refractivity contribution in [2.45, 2.75) is 39.3 Å². The van der Waals surface area contributed by atoms with Gasteiger partial charge in [-0.1, -0.05) is 18.2 Å². The summed E-state index contributed by atoms with van der Waals surface area (Å²) in [4.78, 5) is 2.44. The number of anilines is 2. The van der Waals surface area contributed by atoms with Crippen LogP contribution in [0.5, 0.6) is 0 Å². The van der Waals surface area contributed by atoms with Gasteiger partial charge in [0.05, 0.1) is 12.2 Å². The molecule has 2 aromatic rings. The molecule has 20 heavy (non-hydrogen) atoms. The molecule has 4 heteroatoms. The Hall–Kier alpha value is -1.97. The highest BCUT2D eigenvalue weighted by Crippen LogP contribution is 2.28. The predicted molar refractivity (Wildman–Crippen MR) is 82.8 cm³/mol. The molecular formula is C16H22N4. The molecule has 3 rings (SSSR count). The molecular weight excluding hydrogens is 248 g/mol. The smallest absolute Gasteiger partial charge is 0.145 e. The summed E-state index contributed by atoms with van der Waals surface area (Å²) in [6.45, 7) is 6.25. The number of aromatic nitrogens is 2. The first-order valence-electron chi connectivity index (χ1n) is 7.32. The highest BCUT2D eigenvalue weighted by molar-refractivity contribution is 5.55. The number of fused-ring (bicyclic) bond motifs is 1. The lowest BCUT2D eigenvalue weighted by Gasteiger charge is -2.31. The van der Waals surface area contributed by atoms with Crippen LogP contribution in [0.4, 0.5) is 11.5 Å². The van der Waals surface area contributed by atoms with Crippen LogP contribution in [0.25, 0.3) is 0 Å². The van der Waals surface area contributed by atoms with Gasteiger partial charge in [-0.25, -0.2) is 0 Å². The second kappa shape index (κ2) is 5.19. The van der Waals surface area contributed by atoms with E-state index >= 15 is 0 Å². The first-order valence-corrected chi connectivity index (χ1v) is 7.32. The van der Waals surface area contributed by atoms with Crippen LogP contribution in [0, 0.1) is 0 Å². The molecule has 2 N–H and O–H groups in total. The Bertz CT molecular complexity index is 600. The van der Waals surface area contributed by atoms with Crippen LogP contribution in [-0.4, -0.2) is 16.3 Å². The average Bonchev–Trinajstić information content (AvgIpc) is 2.80. The van der Waals surface area contributed by atoms with Crippen molar-refractivity contribution in [1.29, 1.82) is 0 Å². The van der Waals surface area contributed by atoms with Crippen molar-refractivity contribution in [2.75, 3.05) is 17.2 Å². The first-order chi connectivity index (χ1) is 9.65. The van der Waals surface area contributed by atoms with Gasteiger partial charge in [0.1, 0.15) is 5.82 Å². The van der Waals surface area contributed by atoms with Gasteiger partial charge in [0.15, 0.2) is 0 Å². The van der Waals surface area contributed by atoms with Gasteiger partial charge < -0.3 is 10.6 Å². The van der Waals surface area contributed by atoms with Crippen LogP contribution < -0.4 is 10.6 Å². The number of nitrogens with two attached hydrogens (primary N) is 1. The minimum absolute atomic E-state index is 0.335. The zero-order chi connectivity index (χ0) is 14.1. The van der Waals surface area contributed by atoms with E-state index in [1.165, 1.54) is 29.8 Å². The third kappa shape index (κ3) is 2.38. The zero-order valence-corrected chi connectivity index (χ0v) is 12.2. The molecule has 0 aliphatic carbocycles. The summed E-state index contributed by atoms with van der Waals surface area (Å²) >= 11 is 0.